The molecule has 2 aliphatic carbocycles. The van der Waals surface area contributed by atoms with Crippen molar-refractivity contribution in [2.24, 2.45) is 5.41 Å². The second-order valence-electron chi connectivity index (χ2n) is 8.25. The summed E-state index contributed by atoms with van der Waals surface area (Å²) in [6.45, 7) is -0.200. The highest BCUT2D eigenvalue weighted by Crippen LogP contribution is 2.46. The number of benzene rings is 2. The number of carbonyl (C=O) groups excluding carboxylic acids is 2. The van der Waals surface area contributed by atoms with E-state index >= 15 is 0 Å². The van der Waals surface area contributed by atoms with Gasteiger partial charge in [-0.3, -0.25) is 4.79 Å². The molecule has 0 radical (unpaired) electrons. The predicted octanol–water partition coefficient (Wildman–Crippen LogP) is 3.44. The van der Waals surface area contributed by atoms with Crippen LogP contribution in [0.25, 0.3) is 11.1 Å². The lowest BCUT2D eigenvalue weighted by molar-refractivity contribution is -0.182. The Kier molecular flexibility index (Phi) is 5.77. The van der Waals surface area contributed by atoms with Crippen LogP contribution in [0.4, 0.5) is 18.0 Å². The van der Waals surface area contributed by atoms with Crippen LogP contribution in [-0.2, 0) is 14.3 Å². The minimum absolute atomic E-state index is 0.0498. The summed E-state index contributed by atoms with van der Waals surface area (Å²) in [5.41, 5.74) is 2.90. The van der Waals surface area contributed by atoms with Gasteiger partial charge < -0.3 is 20.5 Å². The number of carbonyl (C=O) groups is 3. The molecule has 0 aliphatic heterocycles. The molecule has 0 bridgehead atoms. The van der Waals surface area contributed by atoms with E-state index in [9.17, 15) is 27.6 Å². The van der Waals surface area contributed by atoms with Crippen LogP contribution in [0.5, 0.6) is 0 Å². The van der Waals surface area contributed by atoms with Gasteiger partial charge in [0.05, 0.1) is 5.41 Å². The van der Waals surface area contributed by atoms with Crippen molar-refractivity contribution >= 4 is 18.0 Å². The smallest absolute Gasteiger partial charge is 0.419 e. The van der Waals surface area contributed by atoms with Crippen molar-refractivity contribution < 1.29 is 37.4 Å². The molecule has 1 atom stereocenters. The fraction of sp³-hybridized carbons (Fsp3) is 0.348. The van der Waals surface area contributed by atoms with Crippen molar-refractivity contribution in [3.8, 4) is 11.1 Å². The summed E-state index contributed by atoms with van der Waals surface area (Å²) in [5, 5.41) is 12.7. The number of alkyl halides is 3. The van der Waals surface area contributed by atoms with Crippen molar-refractivity contribution in [2.45, 2.75) is 31.0 Å². The summed E-state index contributed by atoms with van der Waals surface area (Å²) in [7, 11) is 0. The van der Waals surface area contributed by atoms with E-state index in [1.807, 2.05) is 48.5 Å². The monoisotopic (exact) mass is 462 g/mol. The summed E-state index contributed by atoms with van der Waals surface area (Å²) >= 11 is 0. The van der Waals surface area contributed by atoms with Gasteiger partial charge in [0.1, 0.15) is 6.61 Å². The van der Waals surface area contributed by atoms with Gasteiger partial charge in [-0.1, -0.05) is 48.5 Å². The number of halogens is 3. The molecule has 33 heavy (non-hydrogen) atoms. The highest BCUT2D eigenvalue weighted by atomic mass is 19.4. The van der Waals surface area contributed by atoms with E-state index in [-0.39, 0.29) is 31.9 Å². The Labute approximate surface area is 186 Å². The molecule has 3 N–H and O–H groups in total. The van der Waals surface area contributed by atoms with Gasteiger partial charge in [0.15, 0.2) is 0 Å². The number of fused-ring (bicyclic) bond motifs is 3. The molecular weight excluding hydrogens is 441 g/mol. The van der Waals surface area contributed by atoms with Gasteiger partial charge in [-0.05, 0) is 35.1 Å². The molecule has 1 unspecified atom stereocenters. The van der Waals surface area contributed by atoms with Gasteiger partial charge in [-0.15, -0.1) is 0 Å². The van der Waals surface area contributed by atoms with Gasteiger partial charge in [0.25, 0.3) is 0 Å². The number of carboxylic acids is 1. The maximum absolute atomic E-state index is 12.8. The Morgan fingerprint density at radius 3 is 2.06 bits per heavy atom. The summed E-state index contributed by atoms with van der Waals surface area (Å²) < 4.78 is 43.8. The third kappa shape index (κ3) is 4.50. The first kappa shape index (κ1) is 22.6. The Morgan fingerprint density at radius 2 is 1.58 bits per heavy atom. The van der Waals surface area contributed by atoms with Gasteiger partial charge in [-0.25, -0.2) is 9.59 Å². The SMILES string of the molecule is O=C(NCC1(C(=O)NC(C(=O)O)C(F)(F)F)CC1)OCC1c2ccccc2-c2ccccc21. The number of nitrogens with one attached hydrogen (secondary N) is 2. The number of aliphatic carboxylic acids is 1. The zero-order valence-corrected chi connectivity index (χ0v) is 17.3. The van der Waals surface area contributed by atoms with E-state index in [1.54, 1.807) is 0 Å². The first-order chi connectivity index (χ1) is 15.6. The first-order valence-electron chi connectivity index (χ1n) is 10.3. The molecule has 174 valence electrons. The lowest BCUT2D eigenvalue weighted by Crippen LogP contribution is -2.54. The fourth-order valence-corrected chi connectivity index (χ4v) is 4.09. The molecular formula is C23H21F3N2O5. The standard InChI is InChI=1S/C23H21F3N2O5/c24-23(25,26)18(19(29)30)28-20(31)22(9-10-22)12-27-21(32)33-11-17-15-7-3-1-5-13(15)14-6-2-4-8-16(14)17/h1-8,17-18H,9-12H2,(H,27,32)(H,28,31)(H,29,30). The predicted molar refractivity (Wildman–Crippen MR) is 110 cm³/mol. The third-order valence-electron chi connectivity index (χ3n) is 6.10. The van der Waals surface area contributed by atoms with Crippen LogP contribution in [-0.4, -0.2) is 48.4 Å². The number of alkyl carbamates (subject to hydrolysis) is 1. The quantitative estimate of drug-likeness (QED) is 0.585. The van der Waals surface area contributed by atoms with Crippen LogP contribution in [0, 0.1) is 5.41 Å². The van der Waals surface area contributed by atoms with Crippen LogP contribution in [0.1, 0.15) is 29.9 Å². The minimum Gasteiger partial charge on any atom is -0.479 e. The zero-order valence-electron chi connectivity index (χ0n) is 17.3. The Balaban J connectivity index is 1.34. The third-order valence-corrected chi connectivity index (χ3v) is 6.10. The highest BCUT2D eigenvalue weighted by Gasteiger charge is 2.54. The van der Waals surface area contributed by atoms with Gasteiger partial charge in [-0.2, -0.15) is 13.2 Å². The normalized spacial score (nSPS) is 16.8. The summed E-state index contributed by atoms with van der Waals surface area (Å²) in [6.07, 6.45) is -5.47. The minimum atomic E-state index is -5.13. The lowest BCUT2D eigenvalue weighted by Gasteiger charge is -2.22. The van der Waals surface area contributed by atoms with Crippen molar-refractivity contribution in [1.29, 1.82) is 0 Å². The fourth-order valence-electron chi connectivity index (χ4n) is 4.09. The number of rotatable bonds is 7. The largest absolute Gasteiger partial charge is 0.479 e. The maximum Gasteiger partial charge on any atom is 0.419 e. The van der Waals surface area contributed by atoms with Crippen molar-refractivity contribution in [3.63, 3.8) is 0 Å². The number of amides is 2. The molecule has 2 aliphatic rings. The molecule has 2 amide bonds. The molecule has 1 saturated carbocycles. The molecule has 7 nitrogen and oxygen atoms in total. The Bertz CT molecular complexity index is 1050. The molecule has 0 saturated heterocycles. The average Bonchev–Trinajstić information content (AvgIpc) is 3.50. The van der Waals surface area contributed by atoms with E-state index in [1.165, 1.54) is 5.32 Å². The van der Waals surface area contributed by atoms with Crippen LogP contribution in [0.2, 0.25) is 0 Å². The average molecular weight is 462 g/mol. The molecule has 2 aromatic rings. The van der Waals surface area contributed by atoms with Crippen molar-refractivity contribution in [1.82, 2.24) is 10.6 Å². The molecule has 0 spiro atoms. The number of carboxylic acid groups (broad SMARTS) is 1. The molecule has 0 heterocycles. The highest BCUT2D eigenvalue weighted by molar-refractivity contribution is 5.90. The van der Waals surface area contributed by atoms with E-state index in [0.717, 1.165) is 22.3 Å². The molecule has 1 fully saturated rings. The van der Waals surface area contributed by atoms with E-state index in [4.69, 9.17) is 9.84 Å². The second kappa shape index (κ2) is 8.42. The Hall–Kier alpha value is -3.56. The van der Waals surface area contributed by atoms with Crippen molar-refractivity contribution in [3.05, 3.63) is 59.7 Å². The topological polar surface area (TPSA) is 105 Å². The molecule has 10 heteroatoms. The first-order valence-corrected chi connectivity index (χ1v) is 10.3. The van der Waals surface area contributed by atoms with Crippen LogP contribution < -0.4 is 10.6 Å². The van der Waals surface area contributed by atoms with E-state index in [0.29, 0.717) is 0 Å². The molecule has 2 aromatic carbocycles. The van der Waals surface area contributed by atoms with E-state index in [2.05, 4.69) is 5.32 Å². The molecule has 4 rings (SSSR count). The summed E-state index contributed by atoms with van der Waals surface area (Å²) in [5.74, 6) is -3.42. The van der Waals surface area contributed by atoms with Crippen molar-refractivity contribution in [2.75, 3.05) is 13.2 Å². The number of hydrogen-bond donors (Lipinski definition) is 3. The van der Waals surface area contributed by atoms with Crippen LogP contribution >= 0.6 is 0 Å². The van der Waals surface area contributed by atoms with Gasteiger partial charge in [0.2, 0.25) is 11.9 Å². The summed E-state index contributed by atoms with van der Waals surface area (Å²) in [6, 6.07) is 12.6. The Morgan fingerprint density at radius 1 is 1.03 bits per heavy atom. The van der Waals surface area contributed by atoms with Gasteiger partial charge in [0, 0.05) is 12.5 Å². The van der Waals surface area contributed by atoms with E-state index < -0.39 is 35.6 Å². The zero-order chi connectivity index (χ0) is 23.8. The maximum atomic E-state index is 12.8. The second-order valence-corrected chi connectivity index (χ2v) is 8.25. The molecule has 0 aromatic heterocycles. The lowest BCUT2D eigenvalue weighted by atomic mass is 9.98. The van der Waals surface area contributed by atoms with Gasteiger partial charge >= 0.3 is 18.2 Å². The summed E-state index contributed by atoms with van der Waals surface area (Å²) in [4.78, 5) is 35.4. The van der Waals surface area contributed by atoms with Crippen LogP contribution in [0.15, 0.2) is 48.5 Å². The number of ether oxygens (including phenoxy) is 1. The number of hydrogen-bond acceptors (Lipinski definition) is 4. The van der Waals surface area contributed by atoms with Crippen LogP contribution in [0.3, 0.4) is 0 Å².